The van der Waals surface area contributed by atoms with E-state index in [9.17, 15) is 9.90 Å². The summed E-state index contributed by atoms with van der Waals surface area (Å²) in [6.45, 7) is 0. The lowest BCUT2D eigenvalue weighted by atomic mass is 9.99. The number of ether oxygens (including phenoxy) is 1. The third kappa shape index (κ3) is 3.08. The van der Waals surface area contributed by atoms with Gasteiger partial charge in [0.25, 0.3) is 0 Å². The molecule has 1 heterocycles. The third-order valence-corrected chi connectivity index (χ3v) is 4.19. The molecule has 0 radical (unpaired) electrons. The van der Waals surface area contributed by atoms with E-state index < -0.39 is 5.97 Å². The van der Waals surface area contributed by atoms with Gasteiger partial charge in [-0.25, -0.2) is 9.78 Å². The van der Waals surface area contributed by atoms with E-state index in [1.807, 2.05) is 6.07 Å². The average Bonchev–Trinajstić information content (AvgIpc) is 3.06. The van der Waals surface area contributed by atoms with Crippen LogP contribution < -0.4 is 0 Å². The summed E-state index contributed by atoms with van der Waals surface area (Å²) in [6, 6.07) is 10.3. The lowest BCUT2D eigenvalue weighted by molar-refractivity contribution is 0.0594. The Morgan fingerprint density at radius 3 is 2.78 bits per heavy atom. The summed E-state index contributed by atoms with van der Waals surface area (Å²) in [4.78, 5) is 16.1. The van der Waals surface area contributed by atoms with Crippen LogP contribution in [0.3, 0.4) is 0 Å². The zero-order chi connectivity index (χ0) is 16.4. The molecule has 2 aromatic rings. The van der Waals surface area contributed by atoms with Gasteiger partial charge in [-0.05, 0) is 60.7 Å². The van der Waals surface area contributed by atoms with Gasteiger partial charge in [0.15, 0.2) is 0 Å². The molecule has 0 atom stereocenters. The van der Waals surface area contributed by atoms with Gasteiger partial charge in [-0.1, -0.05) is 17.7 Å². The predicted molar refractivity (Wildman–Crippen MR) is 89.4 cm³/mol. The molecule has 1 N–H and O–H groups in total. The quantitative estimate of drug-likeness (QED) is 0.852. The van der Waals surface area contributed by atoms with Crippen molar-refractivity contribution in [2.24, 2.45) is 0 Å². The molecule has 0 spiro atoms. The monoisotopic (exact) mass is 329 g/mol. The zero-order valence-corrected chi connectivity index (χ0v) is 13.4. The number of allylic oxidation sites excluding steroid dienone is 2. The van der Waals surface area contributed by atoms with Crippen molar-refractivity contribution >= 4 is 28.7 Å². The number of pyridine rings is 1. The van der Waals surface area contributed by atoms with Crippen molar-refractivity contribution < 1.29 is 14.6 Å². The molecule has 0 saturated heterocycles. The molecule has 0 fully saturated rings. The fraction of sp³-hybridized carbons (Fsp3) is 0.222. The zero-order valence-electron chi connectivity index (χ0n) is 12.7. The van der Waals surface area contributed by atoms with Crippen LogP contribution in [0.15, 0.2) is 36.4 Å². The number of carbonyl (C=O) groups excluding carboxylic acids is 1. The highest BCUT2D eigenvalue weighted by molar-refractivity contribution is 6.30. The van der Waals surface area contributed by atoms with Crippen LogP contribution in [0.1, 0.15) is 41.0 Å². The molecule has 5 heteroatoms. The van der Waals surface area contributed by atoms with Crippen LogP contribution in [0.4, 0.5) is 0 Å². The second-order valence-corrected chi connectivity index (χ2v) is 5.81. The van der Waals surface area contributed by atoms with Gasteiger partial charge < -0.3 is 9.84 Å². The molecule has 0 bridgehead atoms. The molecule has 1 aliphatic carbocycles. The molecule has 0 unspecified atom stereocenters. The number of phenols is 1. The molecule has 1 aromatic heterocycles. The maximum atomic E-state index is 11.7. The molecular weight excluding hydrogens is 314 g/mol. The Balaban J connectivity index is 2.10. The summed E-state index contributed by atoms with van der Waals surface area (Å²) in [5, 5.41) is 10.7. The van der Waals surface area contributed by atoms with Gasteiger partial charge in [0.1, 0.15) is 11.4 Å². The minimum Gasteiger partial charge on any atom is -0.507 e. The van der Waals surface area contributed by atoms with Gasteiger partial charge in [0.05, 0.1) is 12.8 Å². The Hall–Kier alpha value is -2.33. The highest BCUT2D eigenvalue weighted by Gasteiger charge is 2.22. The number of carbonyl (C=O) groups is 1. The SMILES string of the molecule is COC(=O)c1cccc(C2=C(c3cc(Cl)ccc3O)CCC2)n1. The number of aromatic nitrogens is 1. The first-order valence-electron chi connectivity index (χ1n) is 7.37. The summed E-state index contributed by atoms with van der Waals surface area (Å²) in [6.07, 6.45) is 2.66. The van der Waals surface area contributed by atoms with E-state index in [0.29, 0.717) is 5.02 Å². The van der Waals surface area contributed by atoms with Gasteiger partial charge in [0.2, 0.25) is 0 Å². The van der Waals surface area contributed by atoms with Gasteiger partial charge in [0, 0.05) is 10.6 Å². The van der Waals surface area contributed by atoms with Crippen molar-refractivity contribution in [3.05, 3.63) is 58.4 Å². The van der Waals surface area contributed by atoms with Crippen LogP contribution in [0, 0.1) is 0 Å². The summed E-state index contributed by atoms with van der Waals surface area (Å²) in [5.41, 5.74) is 3.81. The Kier molecular flexibility index (Phi) is 4.35. The predicted octanol–water partition coefficient (Wildman–Crippen LogP) is 4.32. The number of halogens is 1. The first kappa shape index (κ1) is 15.6. The number of hydrogen-bond donors (Lipinski definition) is 1. The highest BCUT2D eigenvalue weighted by atomic mass is 35.5. The van der Waals surface area contributed by atoms with Gasteiger partial charge >= 0.3 is 5.97 Å². The molecule has 0 amide bonds. The fourth-order valence-electron chi connectivity index (χ4n) is 2.89. The summed E-state index contributed by atoms with van der Waals surface area (Å²) in [5.74, 6) is -0.259. The van der Waals surface area contributed by atoms with E-state index in [0.717, 1.165) is 41.7 Å². The van der Waals surface area contributed by atoms with E-state index in [2.05, 4.69) is 4.98 Å². The molecule has 0 aliphatic heterocycles. The number of aromatic hydroxyl groups is 1. The Labute approximate surface area is 139 Å². The van der Waals surface area contributed by atoms with E-state index >= 15 is 0 Å². The van der Waals surface area contributed by atoms with E-state index in [1.165, 1.54) is 7.11 Å². The summed E-state index contributed by atoms with van der Waals surface area (Å²) in [7, 11) is 1.33. The van der Waals surface area contributed by atoms with E-state index in [4.69, 9.17) is 16.3 Å². The number of phenolic OH excluding ortho intramolecular Hbond substituents is 1. The van der Waals surface area contributed by atoms with Crippen LogP contribution in [0.2, 0.25) is 5.02 Å². The standard InChI is InChI=1S/C18H16ClNO3/c1-23-18(22)16-7-3-6-15(20-16)13-5-2-4-12(13)14-10-11(19)8-9-17(14)21/h3,6-10,21H,2,4-5H2,1H3. The topological polar surface area (TPSA) is 59.4 Å². The number of esters is 1. The van der Waals surface area contributed by atoms with Crippen LogP contribution >= 0.6 is 11.6 Å². The number of rotatable bonds is 3. The van der Waals surface area contributed by atoms with Gasteiger partial charge in [-0.2, -0.15) is 0 Å². The number of hydrogen-bond acceptors (Lipinski definition) is 4. The fourth-order valence-corrected chi connectivity index (χ4v) is 3.07. The molecular formula is C18H16ClNO3. The second kappa shape index (κ2) is 6.42. The molecule has 4 nitrogen and oxygen atoms in total. The lowest BCUT2D eigenvalue weighted by Gasteiger charge is -2.10. The van der Waals surface area contributed by atoms with Crippen molar-refractivity contribution in [3.8, 4) is 5.75 Å². The molecule has 1 aliphatic rings. The van der Waals surface area contributed by atoms with Crippen molar-refractivity contribution in [1.29, 1.82) is 0 Å². The molecule has 23 heavy (non-hydrogen) atoms. The summed E-state index contributed by atoms with van der Waals surface area (Å²) < 4.78 is 4.73. The lowest BCUT2D eigenvalue weighted by Crippen LogP contribution is -2.05. The minimum atomic E-state index is -0.461. The Morgan fingerprint density at radius 1 is 1.22 bits per heavy atom. The van der Waals surface area contributed by atoms with Crippen molar-refractivity contribution in [2.45, 2.75) is 19.3 Å². The largest absolute Gasteiger partial charge is 0.507 e. The Bertz CT molecular complexity index is 799. The average molecular weight is 330 g/mol. The first-order valence-corrected chi connectivity index (χ1v) is 7.74. The van der Waals surface area contributed by atoms with Crippen LogP contribution in [-0.2, 0) is 4.74 Å². The number of nitrogens with zero attached hydrogens (tertiary/aromatic N) is 1. The van der Waals surface area contributed by atoms with Crippen LogP contribution in [0.5, 0.6) is 5.75 Å². The van der Waals surface area contributed by atoms with Crippen LogP contribution in [0.25, 0.3) is 11.1 Å². The van der Waals surface area contributed by atoms with Crippen molar-refractivity contribution in [1.82, 2.24) is 4.98 Å². The smallest absolute Gasteiger partial charge is 0.356 e. The van der Waals surface area contributed by atoms with Crippen LogP contribution in [-0.4, -0.2) is 23.2 Å². The Morgan fingerprint density at radius 2 is 2.00 bits per heavy atom. The minimum absolute atomic E-state index is 0.202. The second-order valence-electron chi connectivity index (χ2n) is 5.37. The molecule has 1 aromatic carbocycles. The number of methoxy groups -OCH3 is 1. The van der Waals surface area contributed by atoms with E-state index in [-0.39, 0.29) is 11.4 Å². The maximum Gasteiger partial charge on any atom is 0.356 e. The van der Waals surface area contributed by atoms with Crippen molar-refractivity contribution in [3.63, 3.8) is 0 Å². The van der Waals surface area contributed by atoms with Gasteiger partial charge in [-0.15, -0.1) is 0 Å². The highest BCUT2D eigenvalue weighted by Crippen LogP contribution is 2.42. The van der Waals surface area contributed by atoms with Crippen molar-refractivity contribution in [2.75, 3.05) is 7.11 Å². The molecule has 0 saturated carbocycles. The summed E-state index contributed by atoms with van der Waals surface area (Å²) >= 11 is 6.06. The first-order chi connectivity index (χ1) is 11.1. The normalized spacial score (nSPS) is 14.2. The maximum absolute atomic E-state index is 11.7. The molecule has 3 rings (SSSR count). The third-order valence-electron chi connectivity index (χ3n) is 3.95. The molecule has 118 valence electrons. The van der Waals surface area contributed by atoms with E-state index in [1.54, 1.807) is 30.3 Å². The number of benzene rings is 1. The van der Waals surface area contributed by atoms with Gasteiger partial charge in [-0.3, -0.25) is 0 Å².